The van der Waals surface area contributed by atoms with E-state index in [4.69, 9.17) is 10.2 Å². The molecule has 0 saturated carbocycles. The number of hydrogen-bond acceptors (Lipinski definition) is 7. The van der Waals surface area contributed by atoms with Crippen molar-refractivity contribution in [1.82, 2.24) is 0 Å². The molecule has 25 heavy (non-hydrogen) atoms. The monoisotopic (exact) mass is 346 g/mol. The van der Waals surface area contributed by atoms with Crippen LogP contribution in [0.4, 0.5) is 0 Å². The Morgan fingerprint density at radius 2 is 1.32 bits per heavy atom. The zero-order valence-electron chi connectivity index (χ0n) is 12.3. The number of phenolic OH excluding ortho intramolecular Hbond substituents is 1. The van der Waals surface area contributed by atoms with Crippen LogP contribution in [0.2, 0.25) is 0 Å². The van der Waals surface area contributed by atoms with E-state index in [-0.39, 0.29) is 11.1 Å². The van der Waals surface area contributed by atoms with Crippen LogP contribution in [0.1, 0.15) is 41.4 Å². The van der Waals surface area contributed by atoms with Crippen LogP contribution >= 0.6 is 0 Å². The van der Waals surface area contributed by atoms with E-state index in [1.54, 1.807) is 0 Å². The Kier molecular flexibility index (Phi) is 4.69. The molecule has 0 aromatic heterocycles. The van der Waals surface area contributed by atoms with Crippen LogP contribution in [0.5, 0.6) is 11.5 Å². The third kappa shape index (κ3) is 3.91. The maximum atomic E-state index is 11.9. The fourth-order valence-corrected chi connectivity index (χ4v) is 1.89. The van der Waals surface area contributed by atoms with Gasteiger partial charge in [0.1, 0.15) is 17.1 Å². The van der Waals surface area contributed by atoms with Gasteiger partial charge in [-0.1, -0.05) is 0 Å². The fourth-order valence-electron chi connectivity index (χ4n) is 1.89. The lowest BCUT2D eigenvalue weighted by Crippen LogP contribution is -2.14. The molecule has 0 amide bonds. The molecule has 0 aliphatic rings. The Morgan fingerprint density at radius 3 is 1.92 bits per heavy atom. The molecule has 0 unspecified atom stereocenters. The summed E-state index contributed by atoms with van der Waals surface area (Å²) in [6.45, 7) is 0. The van der Waals surface area contributed by atoms with Crippen molar-refractivity contribution in [2.45, 2.75) is 0 Å². The summed E-state index contributed by atoms with van der Waals surface area (Å²) in [5, 5.41) is 36.6. The molecule has 4 N–H and O–H groups in total. The van der Waals surface area contributed by atoms with Gasteiger partial charge in [-0.15, -0.1) is 0 Å². The second kappa shape index (κ2) is 6.71. The van der Waals surface area contributed by atoms with E-state index in [1.165, 1.54) is 0 Å². The summed E-state index contributed by atoms with van der Waals surface area (Å²) in [4.78, 5) is 45.7. The van der Waals surface area contributed by atoms with Gasteiger partial charge in [-0.05, 0) is 36.4 Å². The maximum Gasteiger partial charge on any atom is 0.346 e. The first kappa shape index (κ1) is 17.5. The second-order valence-electron chi connectivity index (χ2n) is 4.79. The SMILES string of the molecule is O=C(O)c1cc(O)cc(C(=O)OC(=O)c2ccc(O)c(C(=O)O)c2)c1. The number of rotatable bonds is 4. The number of carbonyl (C=O) groups is 4. The van der Waals surface area contributed by atoms with Gasteiger partial charge in [0, 0.05) is 0 Å². The number of aromatic hydroxyl groups is 2. The number of phenols is 2. The smallest absolute Gasteiger partial charge is 0.346 e. The molecule has 0 radical (unpaired) electrons. The van der Waals surface area contributed by atoms with E-state index < -0.39 is 46.5 Å². The predicted octanol–water partition coefficient (Wildman–Crippen LogP) is 1.49. The van der Waals surface area contributed by atoms with Crippen LogP contribution in [-0.4, -0.2) is 44.3 Å². The van der Waals surface area contributed by atoms with E-state index in [0.29, 0.717) is 0 Å². The zero-order chi connectivity index (χ0) is 18.7. The molecule has 0 atom stereocenters. The summed E-state index contributed by atoms with van der Waals surface area (Å²) < 4.78 is 4.53. The highest BCUT2D eigenvalue weighted by molar-refractivity contribution is 6.05. The minimum absolute atomic E-state index is 0.317. The fraction of sp³-hybridized carbons (Fsp3) is 0. The van der Waals surface area contributed by atoms with Gasteiger partial charge >= 0.3 is 23.9 Å². The van der Waals surface area contributed by atoms with Gasteiger partial charge in [-0.3, -0.25) is 0 Å². The molecule has 9 heteroatoms. The number of hydrogen-bond donors (Lipinski definition) is 4. The van der Waals surface area contributed by atoms with Gasteiger partial charge in [-0.2, -0.15) is 0 Å². The van der Waals surface area contributed by atoms with Crippen molar-refractivity contribution >= 4 is 23.9 Å². The Labute approximate surface area is 139 Å². The van der Waals surface area contributed by atoms with Crippen LogP contribution in [-0.2, 0) is 4.74 Å². The van der Waals surface area contributed by atoms with Crippen molar-refractivity contribution in [3.8, 4) is 11.5 Å². The van der Waals surface area contributed by atoms with Gasteiger partial charge in [0.05, 0.1) is 16.7 Å². The molecule has 2 aromatic carbocycles. The number of carbonyl (C=O) groups excluding carboxylic acids is 2. The van der Waals surface area contributed by atoms with Gasteiger partial charge in [0.25, 0.3) is 0 Å². The van der Waals surface area contributed by atoms with Crippen molar-refractivity contribution in [1.29, 1.82) is 0 Å². The molecule has 0 fully saturated rings. The van der Waals surface area contributed by atoms with E-state index in [2.05, 4.69) is 4.74 Å². The van der Waals surface area contributed by atoms with Crippen molar-refractivity contribution < 1.29 is 44.3 Å². The average molecular weight is 346 g/mol. The van der Waals surface area contributed by atoms with Gasteiger partial charge in [-0.25, -0.2) is 19.2 Å². The van der Waals surface area contributed by atoms with Crippen molar-refractivity contribution in [2.24, 2.45) is 0 Å². The van der Waals surface area contributed by atoms with E-state index in [0.717, 1.165) is 36.4 Å². The summed E-state index contributed by atoms with van der Waals surface area (Å²) in [5.41, 5.74) is -1.66. The maximum absolute atomic E-state index is 11.9. The Balaban J connectivity index is 2.26. The number of ether oxygens (including phenoxy) is 1. The normalized spacial score (nSPS) is 10.1. The minimum atomic E-state index is -1.49. The molecule has 0 aliphatic carbocycles. The molecule has 2 rings (SSSR count). The Morgan fingerprint density at radius 1 is 0.720 bits per heavy atom. The lowest BCUT2D eigenvalue weighted by atomic mass is 10.1. The van der Waals surface area contributed by atoms with Gasteiger partial charge in [0.2, 0.25) is 0 Å². The van der Waals surface area contributed by atoms with Crippen molar-refractivity contribution in [2.75, 3.05) is 0 Å². The molecule has 0 saturated heterocycles. The van der Waals surface area contributed by atoms with Crippen LogP contribution in [0.15, 0.2) is 36.4 Å². The molecule has 0 spiro atoms. The number of esters is 2. The quantitative estimate of drug-likeness (QED) is 0.475. The third-order valence-electron chi connectivity index (χ3n) is 3.05. The number of carboxylic acids is 2. The third-order valence-corrected chi connectivity index (χ3v) is 3.05. The van der Waals surface area contributed by atoms with Gasteiger partial charge < -0.3 is 25.2 Å². The molecule has 0 aliphatic heterocycles. The summed E-state index contributed by atoms with van der Waals surface area (Å²) in [5.74, 6) is -6.44. The number of aromatic carboxylic acids is 2. The Hall–Kier alpha value is -3.88. The largest absolute Gasteiger partial charge is 0.508 e. The summed E-state index contributed by atoms with van der Waals surface area (Å²) >= 11 is 0. The van der Waals surface area contributed by atoms with E-state index in [9.17, 15) is 29.4 Å². The minimum Gasteiger partial charge on any atom is -0.508 e. The molecular weight excluding hydrogens is 336 g/mol. The molecule has 0 heterocycles. The summed E-state index contributed by atoms with van der Waals surface area (Å²) in [6.07, 6.45) is 0. The van der Waals surface area contributed by atoms with Crippen molar-refractivity contribution in [3.63, 3.8) is 0 Å². The van der Waals surface area contributed by atoms with Crippen LogP contribution in [0.25, 0.3) is 0 Å². The van der Waals surface area contributed by atoms with Crippen LogP contribution < -0.4 is 0 Å². The van der Waals surface area contributed by atoms with Crippen molar-refractivity contribution in [3.05, 3.63) is 58.7 Å². The topological polar surface area (TPSA) is 158 Å². The summed E-state index contributed by atoms with van der Waals surface area (Å²) in [6, 6.07) is 5.51. The first-order valence-corrected chi connectivity index (χ1v) is 6.59. The lowest BCUT2D eigenvalue weighted by molar-refractivity contribution is 0.0397. The first-order valence-electron chi connectivity index (χ1n) is 6.59. The standard InChI is InChI=1S/C16H10O9/c17-10-4-8(13(19)20)3-9(5-10)16(24)25-15(23)7-1-2-12(18)11(6-7)14(21)22/h1-6,17-18H,(H,19,20)(H,21,22). The second-order valence-corrected chi connectivity index (χ2v) is 4.79. The zero-order valence-corrected chi connectivity index (χ0v) is 12.3. The predicted molar refractivity (Wildman–Crippen MR) is 79.9 cm³/mol. The highest BCUT2D eigenvalue weighted by Gasteiger charge is 2.20. The van der Waals surface area contributed by atoms with E-state index >= 15 is 0 Å². The van der Waals surface area contributed by atoms with Crippen LogP contribution in [0.3, 0.4) is 0 Å². The molecule has 2 aromatic rings. The molecule has 9 nitrogen and oxygen atoms in total. The van der Waals surface area contributed by atoms with Crippen LogP contribution in [0, 0.1) is 0 Å². The molecular formula is C16H10O9. The Bertz CT molecular complexity index is 898. The summed E-state index contributed by atoms with van der Waals surface area (Å²) in [7, 11) is 0. The average Bonchev–Trinajstić information content (AvgIpc) is 2.54. The number of carboxylic acid groups (broad SMARTS) is 2. The number of benzene rings is 2. The first-order chi connectivity index (χ1) is 11.7. The lowest BCUT2D eigenvalue weighted by Gasteiger charge is -2.06. The highest BCUT2D eigenvalue weighted by atomic mass is 16.6. The molecule has 0 bridgehead atoms. The van der Waals surface area contributed by atoms with Gasteiger partial charge in [0.15, 0.2) is 0 Å². The van der Waals surface area contributed by atoms with E-state index in [1.807, 2.05) is 0 Å². The highest BCUT2D eigenvalue weighted by Crippen LogP contribution is 2.20. The molecule has 128 valence electrons.